The molecular weight excluding hydrogens is 486 g/mol. The molecule has 1 aromatic carbocycles. The smallest absolute Gasteiger partial charge is 0.423 e. The van der Waals surface area contributed by atoms with E-state index in [0.717, 1.165) is 31.2 Å². The van der Waals surface area contributed by atoms with Gasteiger partial charge in [-0.15, -0.1) is 0 Å². The molecule has 0 unspecified atom stereocenters. The van der Waals surface area contributed by atoms with E-state index < -0.39 is 30.5 Å². The summed E-state index contributed by atoms with van der Waals surface area (Å²) in [6, 6.07) is 6.39. The second-order valence-electron chi connectivity index (χ2n) is 12.8. The van der Waals surface area contributed by atoms with Crippen molar-refractivity contribution in [3.8, 4) is 0 Å². The Morgan fingerprint density at radius 2 is 1.92 bits per heavy atom. The number of hydrogen-bond donors (Lipinski definition) is 0. The number of fused-ring (bicyclic) bond motifs is 2. The van der Waals surface area contributed by atoms with Crippen LogP contribution >= 0.6 is 0 Å². The third kappa shape index (κ3) is 3.75. The summed E-state index contributed by atoms with van der Waals surface area (Å²) in [6.45, 7) is 10.4. The van der Waals surface area contributed by atoms with E-state index in [9.17, 15) is 14.0 Å². The van der Waals surface area contributed by atoms with Gasteiger partial charge in [0.2, 0.25) is 5.91 Å². The summed E-state index contributed by atoms with van der Waals surface area (Å²) in [5, 5.41) is 0. The maximum atomic E-state index is 13.7. The van der Waals surface area contributed by atoms with Crippen LogP contribution in [0.2, 0.25) is 0 Å². The molecule has 0 spiro atoms. The van der Waals surface area contributed by atoms with Crippen molar-refractivity contribution >= 4 is 19.1 Å². The van der Waals surface area contributed by atoms with Gasteiger partial charge in [-0.2, -0.15) is 0 Å². The van der Waals surface area contributed by atoms with Gasteiger partial charge in [0.15, 0.2) is 5.72 Å². The molecule has 7 nitrogen and oxygen atoms in total. The van der Waals surface area contributed by atoms with Crippen LogP contribution in [-0.2, 0) is 25.3 Å². The third-order valence-electron chi connectivity index (χ3n) is 10.7. The van der Waals surface area contributed by atoms with Gasteiger partial charge in [0, 0.05) is 25.9 Å². The fourth-order valence-electron chi connectivity index (χ4n) is 8.23. The standard InChI is InChI=1S/C29H38BFN2O5/c1-6-25(34)33-21-11-13-29(33,14-12-21)36-26(35)32(5)24(15-18-7-9-20(31)10-8-18)30-37-23-17-19-16-22(27(19,2)3)28(23,4)38-30/h6-10,19,21-24H,1,11-17H2,2-5H3/t19-,21?,22-,23+,24-,28-,29?/m0/s1. The first-order chi connectivity index (χ1) is 18.0. The number of likely N-dealkylation sites (N-methyl/N-ethyl adjacent to an activating group) is 1. The van der Waals surface area contributed by atoms with Crippen molar-refractivity contribution in [2.24, 2.45) is 17.3 Å². The minimum Gasteiger partial charge on any atom is -0.423 e. The third-order valence-corrected chi connectivity index (χ3v) is 10.7. The molecule has 4 bridgehead atoms. The predicted molar refractivity (Wildman–Crippen MR) is 140 cm³/mol. The lowest BCUT2D eigenvalue weighted by Gasteiger charge is -2.64. The molecule has 6 fully saturated rings. The molecule has 6 aliphatic rings. The van der Waals surface area contributed by atoms with E-state index in [4.69, 9.17) is 14.0 Å². The lowest BCUT2D eigenvalue weighted by Crippen LogP contribution is -2.65. The van der Waals surface area contributed by atoms with Gasteiger partial charge in [-0.1, -0.05) is 32.6 Å². The van der Waals surface area contributed by atoms with Crippen LogP contribution in [0.4, 0.5) is 9.18 Å². The van der Waals surface area contributed by atoms with Gasteiger partial charge in [-0.3, -0.25) is 9.69 Å². The Kier molecular flexibility index (Phi) is 6.00. The number of carbonyl (C=O) groups is 2. The quantitative estimate of drug-likeness (QED) is 0.397. The van der Waals surface area contributed by atoms with Crippen LogP contribution in [0.25, 0.3) is 0 Å². The van der Waals surface area contributed by atoms with Crippen LogP contribution in [0.5, 0.6) is 0 Å². The van der Waals surface area contributed by atoms with Crippen LogP contribution < -0.4 is 0 Å². The normalized spacial score (nSPS) is 36.9. The van der Waals surface area contributed by atoms with Crippen molar-refractivity contribution in [3.63, 3.8) is 0 Å². The summed E-state index contributed by atoms with van der Waals surface area (Å²) >= 11 is 0. The summed E-state index contributed by atoms with van der Waals surface area (Å²) in [6.07, 6.45) is 6.09. The molecule has 1 aromatic rings. The van der Waals surface area contributed by atoms with Crippen LogP contribution in [-0.4, -0.2) is 65.4 Å². The number of carbonyl (C=O) groups excluding carboxylic acids is 2. The number of hydrogen-bond acceptors (Lipinski definition) is 5. The summed E-state index contributed by atoms with van der Waals surface area (Å²) in [7, 11) is 1.06. The summed E-state index contributed by atoms with van der Waals surface area (Å²) in [5.74, 6) is -0.0104. The van der Waals surface area contributed by atoms with E-state index in [2.05, 4.69) is 27.4 Å². The minimum atomic E-state index is -0.940. The van der Waals surface area contributed by atoms with Crippen LogP contribution in [0.15, 0.2) is 36.9 Å². The first-order valence-corrected chi connectivity index (χ1v) is 14.0. The van der Waals surface area contributed by atoms with E-state index in [-0.39, 0.29) is 29.3 Å². The maximum Gasteiger partial charge on any atom is 0.482 e. The van der Waals surface area contributed by atoms with Gasteiger partial charge in [-0.25, -0.2) is 9.18 Å². The van der Waals surface area contributed by atoms with E-state index in [1.54, 1.807) is 29.0 Å². The van der Waals surface area contributed by atoms with Crippen molar-refractivity contribution in [1.29, 1.82) is 0 Å². The Balaban J connectivity index is 1.25. The van der Waals surface area contributed by atoms with Gasteiger partial charge in [-0.05, 0) is 80.1 Å². The number of rotatable bonds is 6. The fraction of sp³-hybridized carbons (Fsp3) is 0.655. The number of benzene rings is 1. The molecule has 0 aromatic heterocycles. The molecular formula is C29H38BFN2O5. The van der Waals surface area contributed by atoms with Crippen molar-refractivity contribution in [2.75, 3.05) is 7.05 Å². The number of halogens is 1. The number of amides is 2. The SMILES string of the molecule is C=CC(=O)N1C2CCC1(OC(=O)N(C)[C@@H](Cc1ccc(F)cc1)B1O[C@@H]3C[C@@H]4C[C@@H](C4(C)C)[C@]3(C)O1)CC2. The molecule has 9 heteroatoms. The average molecular weight is 524 g/mol. The molecule has 3 saturated heterocycles. The van der Waals surface area contributed by atoms with Crippen LogP contribution in [0, 0.1) is 23.1 Å². The fourth-order valence-corrected chi connectivity index (χ4v) is 8.23. The highest BCUT2D eigenvalue weighted by Gasteiger charge is 2.69. The van der Waals surface area contributed by atoms with Crippen molar-refractivity contribution in [2.45, 2.75) is 95.1 Å². The molecule has 5 atom stereocenters. The molecule has 2 amide bonds. The molecule has 38 heavy (non-hydrogen) atoms. The molecule has 3 saturated carbocycles. The molecule has 7 rings (SSSR count). The monoisotopic (exact) mass is 524 g/mol. The Bertz CT molecular complexity index is 1140. The van der Waals surface area contributed by atoms with Crippen molar-refractivity contribution in [1.82, 2.24) is 9.80 Å². The first kappa shape index (κ1) is 25.9. The zero-order valence-electron chi connectivity index (χ0n) is 22.8. The Morgan fingerprint density at radius 3 is 2.55 bits per heavy atom. The van der Waals surface area contributed by atoms with Gasteiger partial charge >= 0.3 is 13.2 Å². The van der Waals surface area contributed by atoms with E-state index >= 15 is 0 Å². The van der Waals surface area contributed by atoms with Gasteiger partial charge < -0.3 is 18.9 Å². The summed E-state index contributed by atoms with van der Waals surface area (Å²) in [4.78, 5) is 29.6. The lowest BCUT2D eigenvalue weighted by atomic mass is 9.43. The van der Waals surface area contributed by atoms with Crippen LogP contribution in [0.3, 0.4) is 0 Å². The second-order valence-corrected chi connectivity index (χ2v) is 12.8. The molecule has 0 N–H and O–H groups in total. The van der Waals surface area contributed by atoms with E-state index in [0.29, 0.717) is 31.1 Å². The van der Waals surface area contributed by atoms with Gasteiger partial charge in [0.25, 0.3) is 0 Å². The van der Waals surface area contributed by atoms with E-state index in [1.165, 1.54) is 18.2 Å². The zero-order chi connectivity index (χ0) is 27.0. The Labute approximate surface area is 224 Å². The maximum absolute atomic E-state index is 13.7. The summed E-state index contributed by atoms with van der Waals surface area (Å²) < 4.78 is 33.1. The first-order valence-electron chi connectivity index (χ1n) is 14.0. The van der Waals surface area contributed by atoms with Gasteiger partial charge in [0.05, 0.1) is 17.6 Å². The lowest BCUT2D eigenvalue weighted by molar-refractivity contribution is -0.199. The highest BCUT2D eigenvalue weighted by Crippen LogP contribution is 2.65. The molecule has 3 aliphatic carbocycles. The molecule has 204 valence electrons. The minimum absolute atomic E-state index is 0.0332. The highest BCUT2D eigenvalue weighted by atomic mass is 19.1. The Hall–Kier alpha value is -2.39. The second kappa shape index (κ2) is 8.81. The number of ether oxygens (including phenoxy) is 1. The van der Waals surface area contributed by atoms with Crippen molar-refractivity contribution in [3.05, 3.63) is 48.3 Å². The average Bonchev–Trinajstić information content (AvgIpc) is 3.55. The van der Waals surface area contributed by atoms with Crippen molar-refractivity contribution < 1.29 is 28.0 Å². The molecule has 3 heterocycles. The highest BCUT2D eigenvalue weighted by molar-refractivity contribution is 6.47. The topological polar surface area (TPSA) is 68.3 Å². The van der Waals surface area contributed by atoms with Gasteiger partial charge in [0.1, 0.15) is 5.82 Å². The Morgan fingerprint density at radius 1 is 1.24 bits per heavy atom. The van der Waals surface area contributed by atoms with E-state index in [1.807, 2.05) is 0 Å². The predicted octanol–water partition coefficient (Wildman–Crippen LogP) is 4.74. The largest absolute Gasteiger partial charge is 0.482 e. The molecule has 0 radical (unpaired) electrons. The van der Waals surface area contributed by atoms with Crippen LogP contribution in [0.1, 0.15) is 64.9 Å². The summed E-state index contributed by atoms with van der Waals surface area (Å²) in [5.41, 5.74) is -0.297. The zero-order valence-corrected chi connectivity index (χ0v) is 22.8. The number of nitrogens with zero attached hydrogens (tertiary/aromatic N) is 2. The molecule has 3 aliphatic heterocycles.